The lowest BCUT2D eigenvalue weighted by atomic mass is 9.77. The average Bonchev–Trinajstić information content (AvgIpc) is 2.73. The van der Waals surface area contributed by atoms with Crippen LogP contribution in [0.3, 0.4) is 0 Å². The van der Waals surface area contributed by atoms with Gasteiger partial charge in [0, 0.05) is 0 Å². The third kappa shape index (κ3) is 6.61. The largest absolute Gasteiger partial charge is 0.205 e. The predicted molar refractivity (Wildman–Crippen MR) is 119 cm³/mol. The highest BCUT2D eigenvalue weighted by Crippen LogP contribution is 2.38. The van der Waals surface area contributed by atoms with Crippen LogP contribution in [0.5, 0.6) is 0 Å². The van der Waals surface area contributed by atoms with Gasteiger partial charge in [0.25, 0.3) is 0 Å². The van der Waals surface area contributed by atoms with Crippen molar-refractivity contribution in [1.29, 1.82) is 0 Å². The van der Waals surface area contributed by atoms with Crippen LogP contribution in [0.2, 0.25) is 5.02 Å². The maximum atomic E-state index is 13.7. The highest BCUT2D eigenvalue weighted by atomic mass is 35.5. The lowest BCUT2D eigenvalue weighted by Crippen LogP contribution is -2.14. The minimum atomic E-state index is -0.272. The summed E-state index contributed by atoms with van der Waals surface area (Å²) in [6, 6.07) is 5.36. The summed E-state index contributed by atoms with van der Waals surface area (Å²) < 4.78 is 13.7. The number of rotatable bonds is 8. The van der Waals surface area contributed by atoms with E-state index < -0.39 is 0 Å². The van der Waals surface area contributed by atoms with Crippen LogP contribution in [0.25, 0.3) is 0 Å². The Morgan fingerprint density at radius 3 is 2.32 bits per heavy atom. The van der Waals surface area contributed by atoms with Crippen molar-refractivity contribution in [2.45, 2.75) is 96.3 Å². The molecular weight excluding hydrogens is 367 g/mol. The Bertz CT molecular complexity index is 607. The Labute approximate surface area is 176 Å². The Balaban J connectivity index is 1.31. The minimum absolute atomic E-state index is 0.235. The van der Waals surface area contributed by atoms with Crippen molar-refractivity contribution in [2.24, 2.45) is 17.8 Å². The van der Waals surface area contributed by atoms with E-state index in [4.69, 9.17) is 11.6 Å². The molecule has 0 heterocycles. The molecule has 3 rings (SSSR count). The first-order chi connectivity index (χ1) is 13.7. The van der Waals surface area contributed by atoms with Gasteiger partial charge in [-0.3, -0.25) is 0 Å². The monoisotopic (exact) mass is 404 g/mol. The molecule has 0 atom stereocenters. The molecule has 0 aromatic heterocycles. The molecule has 0 spiro atoms. The molecule has 1 aromatic rings. The van der Waals surface area contributed by atoms with Crippen LogP contribution in [-0.2, 0) is 0 Å². The fourth-order valence-electron chi connectivity index (χ4n) is 5.33. The molecule has 0 bridgehead atoms. The Kier molecular flexibility index (Phi) is 8.90. The summed E-state index contributed by atoms with van der Waals surface area (Å²) in [6.07, 6.45) is 22.4. The number of hydrogen-bond acceptors (Lipinski definition) is 0. The van der Waals surface area contributed by atoms with Crippen LogP contribution >= 0.6 is 11.6 Å². The van der Waals surface area contributed by atoms with E-state index >= 15 is 0 Å². The summed E-state index contributed by atoms with van der Waals surface area (Å²) in [5.41, 5.74) is 1.13. The van der Waals surface area contributed by atoms with Gasteiger partial charge in [-0.25, -0.2) is 4.39 Å². The standard InChI is InChI=1S/C26H38ClF/c1-2-3-6-20-9-11-21(12-10-20)7-4-5-8-22-13-15-23(16-14-22)24-17-18-25(27)26(28)19-24/h4,7,17-23H,2-3,5-6,8-16H2,1H3/b7-4+. The highest BCUT2D eigenvalue weighted by molar-refractivity contribution is 6.30. The van der Waals surface area contributed by atoms with Crippen LogP contribution in [-0.4, -0.2) is 0 Å². The average molecular weight is 405 g/mol. The highest BCUT2D eigenvalue weighted by Gasteiger charge is 2.23. The van der Waals surface area contributed by atoms with Crippen molar-refractivity contribution >= 4 is 11.6 Å². The van der Waals surface area contributed by atoms with Gasteiger partial charge in [0.1, 0.15) is 5.82 Å². The molecule has 156 valence electrons. The molecule has 2 heteroatoms. The SMILES string of the molecule is CCCCC1CCC(/C=C/CCC2CCC(c3ccc(Cl)c(F)c3)CC2)CC1. The van der Waals surface area contributed by atoms with Crippen molar-refractivity contribution in [3.63, 3.8) is 0 Å². The van der Waals surface area contributed by atoms with Gasteiger partial charge in [-0.1, -0.05) is 56.0 Å². The Morgan fingerprint density at radius 1 is 0.964 bits per heavy atom. The van der Waals surface area contributed by atoms with Crippen molar-refractivity contribution in [3.8, 4) is 0 Å². The smallest absolute Gasteiger partial charge is 0.142 e. The zero-order valence-corrected chi connectivity index (χ0v) is 18.4. The normalized spacial score (nSPS) is 28.7. The molecule has 0 unspecified atom stereocenters. The first kappa shape index (κ1) is 21.9. The van der Waals surface area contributed by atoms with Gasteiger partial charge in [-0.05, 0) is 106 Å². The molecule has 0 aliphatic heterocycles. The number of unbranched alkanes of at least 4 members (excludes halogenated alkanes) is 1. The molecule has 0 radical (unpaired) electrons. The van der Waals surface area contributed by atoms with E-state index in [2.05, 4.69) is 19.1 Å². The van der Waals surface area contributed by atoms with Crippen molar-refractivity contribution in [2.75, 3.05) is 0 Å². The molecule has 2 fully saturated rings. The Hall–Kier alpha value is -0.820. The first-order valence-corrected chi connectivity index (χ1v) is 12.1. The number of halogens is 2. The van der Waals surface area contributed by atoms with Crippen LogP contribution in [0.4, 0.5) is 4.39 Å². The van der Waals surface area contributed by atoms with Gasteiger partial charge >= 0.3 is 0 Å². The van der Waals surface area contributed by atoms with Gasteiger partial charge in [0.15, 0.2) is 0 Å². The molecule has 0 saturated heterocycles. The van der Waals surface area contributed by atoms with Crippen LogP contribution in [0, 0.1) is 23.6 Å². The molecule has 2 saturated carbocycles. The first-order valence-electron chi connectivity index (χ1n) is 11.8. The fraction of sp³-hybridized carbons (Fsp3) is 0.692. The maximum absolute atomic E-state index is 13.7. The van der Waals surface area contributed by atoms with Gasteiger partial charge in [0.2, 0.25) is 0 Å². The minimum Gasteiger partial charge on any atom is -0.205 e. The second-order valence-electron chi connectivity index (χ2n) is 9.32. The molecule has 0 amide bonds. The van der Waals surface area contributed by atoms with E-state index in [-0.39, 0.29) is 10.8 Å². The summed E-state index contributed by atoms with van der Waals surface area (Å²) in [7, 11) is 0. The second kappa shape index (κ2) is 11.4. The quantitative estimate of drug-likeness (QED) is 0.379. The van der Waals surface area contributed by atoms with Crippen molar-refractivity contribution < 1.29 is 4.39 Å². The van der Waals surface area contributed by atoms with Gasteiger partial charge in [-0.15, -0.1) is 0 Å². The molecule has 1 aromatic carbocycles. The zero-order chi connectivity index (χ0) is 19.8. The fourth-order valence-corrected chi connectivity index (χ4v) is 5.45. The number of benzene rings is 1. The van der Waals surface area contributed by atoms with Gasteiger partial charge in [0.05, 0.1) is 5.02 Å². The third-order valence-corrected chi connectivity index (χ3v) is 7.58. The summed E-state index contributed by atoms with van der Waals surface area (Å²) in [4.78, 5) is 0. The molecule has 0 nitrogen and oxygen atoms in total. The molecular formula is C26H38ClF. The van der Waals surface area contributed by atoms with E-state index in [1.165, 1.54) is 83.5 Å². The second-order valence-corrected chi connectivity index (χ2v) is 9.73. The summed E-state index contributed by atoms with van der Waals surface area (Å²) in [5, 5.41) is 0.235. The van der Waals surface area contributed by atoms with E-state index in [1.807, 2.05) is 6.07 Å². The number of hydrogen-bond donors (Lipinski definition) is 0. The summed E-state index contributed by atoms with van der Waals surface area (Å²) >= 11 is 5.82. The van der Waals surface area contributed by atoms with Gasteiger partial charge < -0.3 is 0 Å². The molecule has 28 heavy (non-hydrogen) atoms. The van der Waals surface area contributed by atoms with E-state index in [9.17, 15) is 4.39 Å². The lowest BCUT2D eigenvalue weighted by molar-refractivity contribution is 0.289. The van der Waals surface area contributed by atoms with Crippen molar-refractivity contribution in [1.82, 2.24) is 0 Å². The molecule has 0 N–H and O–H groups in total. The topological polar surface area (TPSA) is 0 Å². The van der Waals surface area contributed by atoms with E-state index in [1.54, 1.807) is 12.1 Å². The Morgan fingerprint density at radius 2 is 1.64 bits per heavy atom. The molecule has 2 aliphatic rings. The lowest BCUT2D eigenvalue weighted by Gasteiger charge is -2.29. The zero-order valence-electron chi connectivity index (χ0n) is 17.6. The maximum Gasteiger partial charge on any atom is 0.142 e. The third-order valence-electron chi connectivity index (χ3n) is 7.27. The summed E-state index contributed by atoms with van der Waals surface area (Å²) in [5.74, 6) is 2.94. The van der Waals surface area contributed by atoms with E-state index in [0.29, 0.717) is 5.92 Å². The van der Waals surface area contributed by atoms with Crippen LogP contribution in [0.15, 0.2) is 30.4 Å². The van der Waals surface area contributed by atoms with Crippen LogP contribution in [0.1, 0.15) is 102 Å². The van der Waals surface area contributed by atoms with E-state index in [0.717, 1.165) is 23.3 Å². The number of allylic oxidation sites excluding steroid dienone is 2. The van der Waals surface area contributed by atoms with Crippen molar-refractivity contribution in [3.05, 3.63) is 46.8 Å². The molecule has 2 aliphatic carbocycles. The summed E-state index contributed by atoms with van der Waals surface area (Å²) in [6.45, 7) is 2.30. The predicted octanol–water partition coefficient (Wildman–Crippen LogP) is 9.09. The van der Waals surface area contributed by atoms with Crippen LogP contribution < -0.4 is 0 Å². The van der Waals surface area contributed by atoms with Gasteiger partial charge in [-0.2, -0.15) is 0 Å².